The Balaban J connectivity index is 1.63. The molecule has 112 valence electrons. The molecule has 0 saturated heterocycles. The summed E-state index contributed by atoms with van der Waals surface area (Å²) in [6.45, 7) is 0. The van der Waals surface area contributed by atoms with E-state index in [1.807, 2.05) is 24.3 Å². The summed E-state index contributed by atoms with van der Waals surface area (Å²) in [5, 5.41) is 14.7. The second-order valence-corrected chi connectivity index (χ2v) is 6.16. The Morgan fingerprint density at radius 3 is 2.95 bits per heavy atom. The molecule has 0 spiro atoms. The molecule has 0 aliphatic heterocycles. The van der Waals surface area contributed by atoms with Crippen LogP contribution in [0.4, 0.5) is 0 Å². The van der Waals surface area contributed by atoms with Crippen LogP contribution in [-0.4, -0.2) is 21.4 Å². The number of aliphatic hydroxyl groups excluding tert-OH is 1. The molecule has 2 unspecified atom stereocenters. The van der Waals surface area contributed by atoms with Gasteiger partial charge < -0.3 is 9.63 Å². The van der Waals surface area contributed by atoms with Gasteiger partial charge >= 0.3 is 0 Å². The summed E-state index contributed by atoms with van der Waals surface area (Å²) < 4.78 is 5.31. The van der Waals surface area contributed by atoms with Gasteiger partial charge in [-0.3, -0.25) is 0 Å². The van der Waals surface area contributed by atoms with E-state index < -0.39 is 0 Å². The van der Waals surface area contributed by atoms with Gasteiger partial charge in [0.1, 0.15) is 0 Å². The Bertz CT molecular complexity index is 599. The molecule has 2 aromatic rings. The van der Waals surface area contributed by atoms with Crippen molar-refractivity contribution in [3.8, 4) is 0 Å². The molecule has 1 aliphatic carbocycles. The van der Waals surface area contributed by atoms with E-state index in [0.29, 0.717) is 29.6 Å². The Morgan fingerprint density at radius 1 is 1.29 bits per heavy atom. The molecule has 2 atom stereocenters. The Labute approximate surface area is 129 Å². The predicted octanol–water partition coefficient (Wildman–Crippen LogP) is 3.41. The third-order valence-electron chi connectivity index (χ3n) is 4.07. The fourth-order valence-electron chi connectivity index (χ4n) is 2.92. The van der Waals surface area contributed by atoms with E-state index in [0.717, 1.165) is 24.8 Å². The van der Waals surface area contributed by atoms with Crippen molar-refractivity contribution >= 4 is 11.6 Å². The molecule has 1 heterocycles. The van der Waals surface area contributed by atoms with Gasteiger partial charge in [0.25, 0.3) is 0 Å². The standard InChI is InChI=1S/C16H19ClN2O2/c17-13-6-3-4-11(8-13)9-15-18-16(21-19-15)10-12-5-1-2-7-14(12)20/h3-4,6,8,12,14,20H,1-2,5,7,9-10H2. The summed E-state index contributed by atoms with van der Waals surface area (Å²) >= 11 is 5.97. The van der Waals surface area contributed by atoms with Gasteiger partial charge in [0, 0.05) is 17.9 Å². The van der Waals surface area contributed by atoms with Gasteiger partial charge in [0.15, 0.2) is 5.82 Å². The molecule has 1 aromatic carbocycles. The quantitative estimate of drug-likeness (QED) is 0.940. The van der Waals surface area contributed by atoms with Crippen molar-refractivity contribution in [3.05, 3.63) is 46.6 Å². The lowest BCUT2D eigenvalue weighted by Gasteiger charge is -2.26. The van der Waals surface area contributed by atoms with Gasteiger partial charge in [0.05, 0.1) is 6.10 Å². The van der Waals surface area contributed by atoms with Gasteiger partial charge in [-0.1, -0.05) is 41.7 Å². The second kappa shape index (κ2) is 6.58. The van der Waals surface area contributed by atoms with Crippen LogP contribution in [-0.2, 0) is 12.8 Å². The lowest BCUT2D eigenvalue weighted by atomic mass is 9.84. The van der Waals surface area contributed by atoms with Crippen LogP contribution in [0.15, 0.2) is 28.8 Å². The van der Waals surface area contributed by atoms with E-state index in [1.165, 1.54) is 6.42 Å². The van der Waals surface area contributed by atoms with Crippen molar-refractivity contribution in [2.75, 3.05) is 0 Å². The van der Waals surface area contributed by atoms with Gasteiger partial charge in [-0.05, 0) is 36.5 Å². The Kier molecular flexibility index (Phi) is 4.56. The first-order chi connectivity index (χ1) is 10.2. The molecule has 1 fully saturated rings. The van der Waals surface area contributed by atoms with Crippen LogP contribution < -0.4 is 0 Å². The molecule has 21 heavy (non-hydrogen) atoms. The molecular weight excluding hydrogens is 288 g/mol. The SMILES string of the molecule is OC1CCCCC1Cc1nc(Cc2cccc(Cl)c2)no1. The van der Waals surface area contributed by atoms with Crippen molar-refractivity contribution < 1.29 is 9.63 Å². The van der Waals surface area contributed by atoms with E-state index in [2.05, 4.69) is 10.1 Å². The number of rotatable bonds is 4. The minimum Gasteiger partial charge on any atom is -0.393 e. The maximum atomic E-state index is 10.00. The number of hydrogen-bond acceptors (Lipinski definition) is 4. The normalized spacial score (nSPS) is 22.4. The lowest BCUT2D eigenvalue weighted by Crippen LogP contribution is -2.26. The van der Waals surface area contributed by atoms with Crippen molar-refractivity contribution in [1.82, 2.24) is 10.1 Å². The minimum absolute atomic E-state index is 0.234. The largest absolute Gasteiger partial charge is 0.393 e. The van der Waals surface area contributed by atoms with Gasteiger partial charge in [-0.2, -0.15) is 4.98 Å². The van der Waals surface area contributed by atoms with Crippen LogP contribution in [0.25, 0.3) is 0 Å². The van der Waals surface area contributed by atoms with Crippen molar-refractivity contribution in [3.63, 3.8) is 0 Å². The summed E-state index contributed by atoms with van der Waals surface area (Å²) in [6, 6.07) is 7.66. The fourth-order valence-corrected chi connectivity index (χ4v) is 3.14. The van der Waals surface area contributed by atoms with Crippen LogP contribution in [0.5, 0.6) is 0 Å². The molecule has 4 nitrogen and oxygen atoms in total. The zero-order chi connectivity index (χ0) is 14.7. The molecule has 1 aliphatic rings. The van der Waals surface area contributed by atoms with Gasteiger partial charge in [-0.25, -0.2) is 0 Å². The van der Waals surface area contributed by atoms with E-state index in [-0.39, 0.29) is 12.0 Å². The number of halogens is 1. The van der Waals surface area contributed by atoms with E-state index >= 15 is 0 Å². The zero-order valence-corrected chi connectivity index (χ0v) is 12.6. The van der Waals surface area contributed by atoms with Crippen molar-refractivity contribution in [2.45, 2.75) is 44.6 Å². The average molecular weight is 307 g/mol. The molecule has 0 radical (unpaired) electrons. The first-order valence-electron chi connectivity index (χ1n) is 7.44. The van der Waals surface area contributed by atoms with Crippen LogP contribution >= 0.6 is 11.6 Å². The summed E-state index contributed by atoms with van der Waals surface area (Å²) in [6.07, 6.45) is 5.25. The third kappa shape index (κ3) is 3.83. The highest BCUT2D eigenvalue weighted by molar-refractivity contribution is 6.30. The predicted molar refractivity (Wildman–Crippen MR) is 80.2 cm³/mol. The highest BCUT2D eigenvalue weighted by atomic mass is 35.5. The molecule has 3 rings (SSSR count). The molecule has 5 heteroatoms. The molecule has 0 amide bonds. The highest BCUT2D eigenvalue weighted by Gasteiger charge is 2.25. The number of nitrogens with zero attached hydrogens (tertiary/aromatic N) is 2. The maximum Gasteiger partial charge on any atom is 0.227 e. The lowest BCUT2D eigenvalue weighted by molar-refractivity contribution is 0.0657. The highest BCUT2D eigenvalue weighted by Crippen LogP contribution is 2.27. The summed E-state index contributed by atoms with van der Waals surface area (Å²) in [5.74, 6) is 1.54. The number of hydrogen-bond donors (Lipinski definition) is 1. The van der Waals surface area contributed by atoms with Crippen molar-refractivity contribution in [2.24, 2.45) is 5.92 Å². The summed E-state index contributed by atoms with van der Waals surface area (Å²) in [7, 11) is 0. The van der Waals surface area contributed by atoms with Crippen molar-refractivity contribution in [1.29, 1.82) is 0 Å². The smallest absolute Gasteiger partial charge is 0.227 e. The molecule has 1 saturated carbocycles. The van der Waals surface area contributed by atoms with E-state index in [9.17, 15) is 5.11 Å². The Hall–Kier alpha value is -1.39. The molecule has 0 bridgehead atoms. The third-order valence-corrected chi connectivity index (χ3v) is 4.30. The summed E-state index contributed by atoms with van der Waals surface area (Å²) in [5.41, 5.74) is 1.06. The summed E-state index contributed by atoms with van der Waals surface area (Å²) in [4.78, 5) is 4.43. The Morgan fingerprint density at radius 2 is 2.14 bits per heavy atom. The van der Waals surface area contributed by atoms with E-state index in [1.54, 1.807) is 0 Å². The number of aromatic nitrogens is 2. The van der Waals surface area contributed by atoms with Crippen LogP contribution in [0.3, 0.4) is 0 Å². The first-order valence-corrected chi connectivity index (χ1v) is 7.82. The maximum absolute atomic E-state index is 10.00. The monoisotopic (exact) mass is 306 g/mol. The second-order valence-electron chi connectivity index (χ2n) is 5.73. The molecular formula is C16H19ClN2O2. The van der Waals surface area contributed by atoms with Gasteiger partial charge in [-0.15, -0.1) is 0 Å². The molecule has 1 N–H and O–H groups in total. The van der Waals surface area contributed by atoms with Crippen LogP contribution in [0.1, 0.15) is 43.0 Å². The number of benzene rings is 1. The van der Waals surface area contributed by atoms with Gasteiger partial charge in [0.2, 0.25) is 5.89 Å². The zero-order valence-electron chi connectivity index (χ0n) is 11.8. The van der Waals surface area contributed by atoms with Crippen LogP contribution in [0, 0.1) is 5.92 Å². The minimum atomic E-state index is -0.234. The molecule has 1 aromatic heterocycles. The van der Waals surface area contributed by atoms with Crippen LogP contribution in [0.2, 0.25) is 5.02 Å². The first kappa shape index (κ1) is 14.5. The number of aliphatic hydroxyl groups is 1. The average Bonchev–Trinajstić information content (AvgIpc) is 2.89. The fraction of sp³-hybridized carbons (Fsp3) is 0.500. The van der Waals surface area contributed by atoms with E-state index in [4.69, 9.17) is 16.1 Å². The topological polar surface area (TPSA) is 59.2 Å².